The van der Waals surface area contributed by atoms with Crippen molar-refractivity contribution in [2.24, 2.45) is 5.92 Å². The van der Waals surface area contributed by atoms with Gasteiger partial charge in [-0.2, -0.15) is 0 Å². The summed E-state index contributed by atoms with van der Waals surface area (Å²) in [5, 5.41) is 0. The monoisotopic (exact) mass is 357 g/mol. The summed E-state index contributed by atoms with van der Waals surface area (Å²) >= 11 is 0. The first-order chi connectivity index (χ1) is 12.6. The first kappa shape index (κ1) is 17.8. The number of carbonyl (C=O) groups is 1. The molecule has 5 heteroatoms. The minimum absolute atomic E-state index is 0.169. The van der Waals surface area contributed by atoms with Crippen LogP contribution in [0.25, 0.3) is 0 Å². The van der Waals surface area contributed by atoms with Gasteiger partial charge >= 0.3 is 0 Å². The van der Waals surface area contributed by atoms with Crippen molar-refractivity contribution in [2.45, 2.75) is 70.6 Å². The Morgan fingerprint density at radius 2 is 1.81 bits per heavy atom. The minimum Gasteiger partial charge on any atom is -0.372 e. The Labute approximate surface area is 156 Å². The van der Waals surface area contributed by atoms with E-state index in [0.717, 1.165) is 37.4 Å². The van der Waals surface area contributed by atoms with E-state index in [1.807, 2.05) is 12.1 Å². The topological polar surface area (TPSA) is 45.7 Å². The molecular weight excluding hydrogens is 326 g/mol. The van der Waals surface area contributed by atoms with Crippen molar-refractivity contribution in [1.82, 2.24) is 9.88 Å². The van der Waals surface area contributed by atoms with E-state index < -0.39 is 0 Å². The summed E-state index contributed by atoms with van der Waals surface area (Å²) in [5.74, 6) is 1.82. The molecule has 1 aliphatic carbocycles. The summed E-state index contributed by atoms with van der Waals surface area (Å²) < 4.78 is 5.80. The Balaban J connectivity index is 1.45. The molecule has 2 aliphatic heterocycles. The van der Waals surface area contributed by atoms with Gasteiger partial charge in [-0.05, 0) is 57.6 Å². The summed E-state index contributed by atoms with van der Waals surface area (Å²) in [6.07, 6.45) is 9.74. The summed E-state index contributed by atoms with van der Waals surface area (Å²) in [7, 11) is 0. The number of amides is 1. The van der Waals surface area contributed by atoms with Crippen molar-refractivity contribution in [3.8, 4) is 0 Å². The lowest BCUT2D eigenvalue weighted by Gasteiger charge is -2.36. The largest absolute Gasteiger partial charge is 0.372 e. The highest BCUT2D eigenvalue weighted by atomic mass is 16.5. The van der Waals surface area contributed by atoms with Crippen LogP contribution in [0, 0.1) is 5.92 Å². The lowest BCUT2D eigenvalue weighted by molar-refractivity contribution is -0.00546. The van der Waals surface area contributed by atoms with Gasteiger partial charge < -0.3 is 14.5 Å². The zero-order chi connectivity index (χ0) is 18.1. The standard InChI is InChI=1S/C21H31N3O2/c1-15-13-23(14-16(2)26-15)20-10-9-18(12-22-20)21(25)24-11-5-8-19(24)17-6-3-4-7-17/h9-10,12,15-17,19H,3-8,11,13-14H2,1-2H3/t15-,16-,19-/m1/s1. The SMILES string of the molecule is C[C@@H]1CN(c2ccc(C(=O)N3CCC[C@@H]3C3CCCC3)cn2)C[C@@H](C)O1. The third-order valence-corrected chi connectivity index (χ3v) is 6.24. The van der Waals surface area contributed by atoms with Crippen molar-refractivity contribution in [1.29, 1.82) is 0 Å². The number of anilines is 1. The highest BCUT2D eigenvalue weighted by Gasteiger charge is 2.36. The third kappa shape index (κ3) is 3.59. The summed E-state index contributed by atoms with van der Waals surface area (Å²) in [4.78, 5) is 22.1. The van der Waals surface area contributed by atoms with E-state index >= 15 is 0 Å². The van der Waals surface area contributed by atoms with E-state index in [1.165, 1.54) is 32.1 Å². The molecule has 2 saturated heterocycles. The van der Waals surface area contributed by atoms with Gasteiger partial charge in [-0.25, -0.2) is 4.98 Å². The lowest BCUT2D eigenvalue weighted by atomic mass is 9.95. The maximum Gasteiger partial charge on any atom is 0.255 e. The zero-order valence-electron chi connectivity index (χ0n) is 16.1. The van der Waals surface area contributed by atoms with Crippen LogP contribution in [0.2, 0.25) is 0 Å². The van der Waals surface area contributed by atoms with E-state index in [9.17, 15) is 4.79 Å². The molecule has 0 spiro atoms. The second-order valence-corrected chi connectivity index (χ2v) is 8.32. The molecule has 3 heterocycles. The normalized spacial score (nSPS) is 30.2. The molecule has 1 aromatic heterocycles. The number of nitrogens with zero attached hydrogens (tertiary/aromatic N) is 3. The van der Waals surface area contributed by atoms with Gasteiger partial charge in [-0.3, -0.25) is 4.79 Å². The number of rotatable bonds is 3. The van der Waals surface area contributed by atoms with E-state index in [4.69, 9.17) is 4.74 Å². The molecule has 0 bridgehead atoms. The van der Waals surface area contributed by atoms with Crippen molar-refractivity contribution < 1.29 is 9.53 Å². The number of carbonyl (C=O) groups excluding carboxylic acids is 1. The number of hydrogen-bond acceptors (Lipinski definition) is 4. The molecule has 0 aromatic carbocycles. The number of aromatic nitrogens is 1. The molecule has 3 atom stereocenters. The van der Waals surface area contributed by atoms with Gasteiger partial charge in [0.15, 0.2) is 0 Å². The molecule has 1 aromatic rings. The lowest BCUT2D eigenvalue weighted by Crippen LogP contribution is -2.45. The predicted octanol–water partition coefficient (Wildman–Crippen LogP) is 3.49. The molecule has 1 saturated carbocycles. The minimum atomic E-state index is 0.169. The van der Waals surface area contributed by atoms with Gasteiger partial charge in [0.1, 0.15) is 5.82 Å². The summed E-state index contributed by atoms with van der Waals surface area (Å²) in [5.41, 5.74) is 0.730. The van der Waals surface area contributed by atoms with Crippen LogP contribution in [0.4, 0.5) is 5.82 Å². The van der Waals surface area contributed by atoms with Gasteiger partial charge in [0, 0.05) is 31.9 Å². The first-order valence-corrected chi connectivity index (χ1v) is 10.3. The van der Waals surface area contributed by atoms with Crippen molar-refractivity contribution in [2.75, 3.05) is 24.5 Å². The molecule has 0 unspecified atom stereocenters. The number of hydrogen-bond donors (Lipinski definition) is 0. The highest BCUT2D eigenvalue weighted by Crippen LogP contribution is 2.36. The summed E-state index contributed by atoms with van der Waals surface area (Å²) in [6.45, 7) is 6.79. The Morgan fingerprint density at radius 1 is 1.08 bits per heavy atom. The molecule has 3 fully saturated rings. The van der Waals surface area contributed by atoms with Gasteiger partial charge in [-0.1, -0.05) is 12.8 Å². The van der Waals surface area contributed by atoms with Gasteiger partial charge in [0.2, 0.25) is 0 Å². The Bertz CT molecular complexity index is 617. The first-order valence-electron chi connectivity index (χ1n) is 10.3. The maximum absolute atomic E-state index is 13.1. The Hall–Kier alpha value is -1.62. The molecule has 1 amide bonds. The second kappa shape index (κ2) is 7.55. The van der Waals surface area contributed by atoms with Crippen molar-refractivity contribution >= 4 is 11.7 Å². The van der Waals surface area contributed by atoms with E-state index in [0.29, 0.717) is 12.0 Å². The Kier molecular flexibility index (Phi) is 5.16. The molecule has 4 rings (SSSR count). The molecule has 0 radical (unpaired) electrons. The number of ether oxygens (including phenoxy) is 1. The van der Waals surface area contributed by atoms with Crippen molar-refractivity contribution in [3.05, 3.63) is 23.9 Å². The van der Waals surface area contributed by atoms with Crippen LogP contribution < -0.4 is 4.90 Å². The fourth-order valence-corrected chi connectivity index (χ4v) is 5.11. The number of likely N-dealkylation sites (tertiary alicyclic amines) is 1. The fraction of sp³-hybridized carbons (Fsp3) is 0.714. The molecule has 142 valence electrons. The maximum atomic E-state index is 13.1. The highest BCUT2D eigenvalue weighted by molar-refractivity contribution is 5.94. The Morgan fingerprint density at radius 3 is 2.46 bits per heavy atom. The fourth-order valence-electron chi connectivity index (χ4n) is 5.11. The average molecular weight is 357 g/mol. The molecule has 0 N–H and O–H groups in total. The predicted molar refractivity (Wildman–Crippen MR) is 102 cm³/mol. The average Bonchev–Trinajstić information content (AvgIpc) is 3.31. The van der Waals surface area contributed by atoms with E-state index in [1.54, 1.807) is 6.20 Å². The molecular formula is C21H31N3O2. The van der Waals surface area contributed by atoms with E-state index in [-0.39, 0.29) is 18.1 Å². The van der Waals surface area contributed by atoms with Crippen molar-refractivity contribution in [3.63, 3.8) is 0 Å². The van der Waals surface area contributed by atoms with Crippen LogP contribution >= 0.6 is 0 Å². The molecule has 5 nitrogen and oxygen atoms in total. The molecule has 26 heavy (non-hydrogen) atoms. The quantitative estimate of drug-likeness (QED) is 0.831. The van der Waals surface area contributed by atoms with Crippen LogP contribution in [0.1, 0.15) is 62.7 Å². The van der Waals surface area contributed by atoms with Gasteiger partial charge in [0.05, 0.1) is 17.8 Å². The van der Waals surface area contributed by atoms with Crippen LogP contribution in [0.15, 0.2) is 18.3 Å². The second-order valence-electron chi connectivity index (χ2n) is 8.32. The van der Waals surface area contributed by atoms with Crippen LogP contribution in [-0.2, 0) is 4.74 Å². The van der Waals surface area contributed by atoms with Crippen LogP contribution in [0.3, 0.4) is 0 Å². The van der Waals surface area contributed by atoms with Crippen LogP contribution in [-0.4, -0.2) is 53.7 Å². The molecule has 3 aliphatic rings. The zero-order valence-corrected chi connectivity index (χ0v) is 16.1. The third-order valence-electron chi connectivity index (χ3n) is 6.24. The van der Waals surface area contributed by atoms with Gasteiger partial charge in [-0.15, -0.1) is 0 Å². The number of pyridine rings is 1. The van der Waals surface area contributed by atoms with Gasteiger partial charge in [0.25, 0.3) is 5.91 Å². The van der Waals surface area contributed by atoms with E-state index in [2.05, 4.69) is 28.6 Å². The van der Waals surface area contributed by atoms with Crippen LogP contribution in [0.5, 0.6) is 0 Å². The smallest absolute Gasteiger partial charge is 0.255 e. The summed E-state index contributed by atoms with van der Waals surface area (Å²) in [6, 6.07) is 4.41. The number of morpholine rings is 1.